The third-order valence-electron chi connectivity index (χ3n) is 5.05. The molecule has 0 radical (unpaired) electrons. The smallest absolute Gasteiger partial charge is 0.412 e. The van der Waals surface area contributed by atoms with Gasteiger partial charge in [-0.2, -0.15) is 0 Å². The van der Waals surface area contributed by atoms with Crippen LogP contribution in [0.3, 0.4) is 0 Å². The lowest BCUT2D eigenvalue weighted by atomic mass is 9.93. The lowest BCUT2D eigenvalue weighted by Gasteiger charge is -2.36. The van der Waals surface area contributed by atoms with Crippen LogP contribution in [0.2, 0.25) is 0 Å². The van der Waals surface area contributed by atoms with Crippen molar-refractivity contribution in [3.8, 4) is 0 Å². The van der Waals surface area contributed by atoms with Gasteiger partial charge < -0.3 is 14.2 Å². The molecule has 5 heteroatoms. The van der Waals surface area contributed by atoms with Crippen molar-refractivity contribution in [1.82, 2.24) is 4.90 Å². The van der Waals surface area contributed by atoms with Crippen LogP contribution in [0.4, 0.5) is 4.79 Å². The summed E-state index contributed by atoms with van der Waals surface area (Å²) < 4.78 is 17.3. The van der Waals surface area contributed by atoms with Crippen molar-refractivity contribution >= 4 is 6.09 Å². The molecule has 2 aliphatic rings. The van der Waals surface area contributed by atoms with Crippen LogP contribution in [0.5, 0.6) is 0 Å². The Bertz CT molecular complexity index is 421. The molecule has 1 amide bonds. The number of hydrogen-bond acceptors (Lipinski definition) is 4. The average molecular weight is 327 g/mol. The third-order valence-corrected chi connectivity index (χ3v) is 5.05. The van der Waals surface area contributed by atoms with Crippen LogP contribution in [0.1, 0.15) is 73.1 Å². The summed E-state index contributed by atoms with van der Waals surface area (Å²) in [5.74, 6) is 0. The highest BCUT2D eigenvalue weighted by molar-refractivity contribution is 5.69. The Morgan fingerprint density at radius 2 is 1.87 bits per heavy atom. The monoisotopic (exact) mass is 327 g/mol. The van der Waals surface area contributed by atoms with Crippen LogP contribution in [0, 0.1) is 0 Å². The van der Waals surface area contributed by atoms with Crippen molar-refractivity contribution in [2.75, 3.05) is 13.7 Å². The van der Waals surface area contributed by atoms with E-state index in [2.05, 4.69) is 0 Å². The fourth-order valence-electron chi connectivity index (χ4n) is 3.78. The van der Waals surface area contributed by atoms with E-state index < -0.39 is 11.3 Å². The Balaban J connectivity index is 2.03. The number of carbonyl (C=O) groups is 1. The molecule has 2 fully saturated rings. The molecule has 0 aromatic carbocycles. The van der Waals surface area contributed by atoms with E-state index in [0.29, 0.717) is 6.61 Å². The Kier molecular flexibility index (Phi) is 5.31. The number of methoxy groups -OCH3 is 1. The second-order valence-corrected chi connectivity index (χ2v) is 8.39. The summed E-state index contributed by atoms with van der Waals surface area (Å²) in [4.78, 5) is 14.4. The van der Waals surface area contributed by atoms with Crippen molar-refractivity contribution in [2.45, 2.75) is 96.1 Å². The average Bonchev–Trinajstić information content (AvgIpc) is 2.99. The molecule has 23 heavy (non-hydrogen) atoms. The highest BCUT2D eigenvalue weighted by Gasteiger charge is 2.46. The van der Waals surface area contributed by atoms with Gasteiger partial charge in [-0.25, -0.2) is 4.79 Å². The Hall–Kier alpha value is -0.810. The van der Waals surface area contributed by atoms with Crippen LogP contribution in [0.15, 0.2) is 0 Å². The zero-order valence-electron chi connectivity index (χ0n) is 15.6. The van der Waals surface area contributed by atoms with E-state index in [-0.39, 0.29) is 17.7 Å². The first kappa shape index (κ1) is 18.5. The third kappa shape index (κ3) is 4.38. The van der Waals surface area contributed by atoms with Gasteiger partial charge in [0.15, 0.2) is 0 Å². The Labute approximate surface area is 140 Å². The molecule has 0 aromatic rings. The first-order valence-corrected chi connectivity index (χ1v) is 8.80. The minimum absolute atomic E-state index is 0.00760. The number of nitrogens with zero attached hydrogens (tertiary/aromatic N) is 1. The summed E-state index contributed by atoms with van der Waals surface area (Å²) in [5.41, 5.74) is -1.13. The van der Waals surface area contributed by atoms with Crippen LogP contribution in [-0.2, 0) is 14.2 Å². The number of hydrogen-bond donors (Lipinski definition) is 0. The topological polar surface area (TPSA) is 48.0 Å². The molecule has 0 spiro atoms. The predicted molar refractivity (Wildman–Crippen MR) is 89.3 cm³/mol. The minimum Gasteiger partial charge on any atom is -0.444 e. The van der Waals surface area contributed by atoms with Crippen molar-refractivity contribution in [1.29, 1.82) is 0 Å². The summed E-state index contributed by atoms with van der Waals surface area (Å²) >= 11 is 0. The number of carbonyl (C=O) groups excluding carboxylic acids is 1. The normalized spacial score (nSPS) is 26.5. The molecule has 1 saturated carbocycles. The van der Waals surface area contributed by atoms with Crippen LogP contribution in [0.25, 0.3) is 0 Å². The Morgan fingerprint density at radius 1 is 1.26 bits per heavy atom. The molecular formula is C18H33NO4. The quantitative estimate of drug-likeness (QED) is 0.780. The molecule has 1 saturated heterocycles. The van der Waals surface area contributed by atoms with Gasteiger partial charge in [-0.3, -0.25) is 4.90 Å². The molecule has 0 unspecified atom stereocenters. The lowest BCUT2D eigenvalue weighted by molar-refractivity contribution is -0.0644. The van der Waals surface area contributed by atoms with Crippen molar-refractivity contribution in [3.63, 3.8) is 0 Å². The summed E-state index contributed by atoms with van der Waals surface area (Å²) in [7, 11) is 1.81. The van der Waals surface area contributed by atoms with Crippen LogP contribution in [-0.4, -0.2) is 47.7 Å². The lowest BCUT2D eigenvalue weighted by Crippen LogP contribution is -2.50. The molecular weight excluding hydrogens is 294 g/mol. The second kappa shape index (κ2) is 6.60. The minimum atomic E-state index is -0.622. The van der Waals surface area contributed by atoms with E-state index in [1.807, 2.05) is 41.7 Å². The predicted octanol–water partition coefficient (Wildman–Crippen LogP) is 4.10. The standard InChI is InChI=1S/C18H33NO4/c1-16(2,3)23-15(20)19-14(13-22-17(19,4)5)9-12-18(21-6)10-7-8-11-18/h14H,7-13H2,1-6H3/t14-/m0/s1. The van der Waals surface area contributed by atoms with E-state index in [1.54, 1.807) is 4.90 Å². The fraction of sp³-hybridized carbons (Fsp3) is 0.944. The molecule has 1 atom stereocenters. The molecule has 1 aliphatic heterocycles. The highest BCUT2D eigenvalue weighted by atomic mass is 16.6. The molecule has 0 aromatic heterocycles. The molecule has 1 heterocycles. The summed E-state index contributed by atoms with van der Waals surface area (Å²) in [6.07, 6.45) is 6.26. The summed E-state index contributed by atoms with van der Waals surface area (Å²) in [6.45, 7) is 10.1. The molecule has 134 valence electrons. The van der Waals surface area contributed by atoms with Gasteiger partial charge in [0, 0.05) is 7.11 Å². The molecule has 2 rings (SSSR count). The fourth-order valence-corrected chi connectivity index (χ4v) is 3.78. The van der Waals surface area contributed by atoms with Gasteiger partial charge in [-0.1, -0.05) is 12.8 Å². The van der Waals surface area contributed by atoms with Gasteiger partial charge in [0.1, 0.15) is 11.3 Å². The summed E-state index contributed by atoms with van der Waals surface area (Å²) in [5, 5.41) is 0. The van der Waals surface area contributed by atoms with Crippen molar-refractivity contribution < 1.29 is 19.0 Å². The van der Waals surface area contributed by atoms with E-state index >= 15 is 0 Å². The zero-order valence-corrected chi connectivity index (χ0v) is 15.6. The highest BCUT2D eigenvalue weighted by Crippen LogP contribution is 2.39. The number of rotatable bonds is 4. The molecule has 0 bridgehead atoms. The largest absolute Gasteiger partial charge is 0.444 e. The molecule has 5 nitrogen and oxygen atoms in total. The summed E-state index contributed by atoms with van der Waals surface area (Å²) in [6, 6.07) is 0.0486. The second-order valence-electron chi connectivity index (χ2n) is 8.39. The van der Waals surface area contributed by atoms with E-state index in [9.17, 15) is 4.79 Å². The van der Waals surface area contributed by atoms with Gasteiger partial charge in [-0.15, -0.1) is 0 Å². The van der Waals surface area contributed by atoms with Gasteiger partial charge in [0.05, 0.1) is 18.2 Å². The number of amides is 1. The number of ether oxygens (including phenoxy) is 3. The first-order valence-electron chi connectivity index (χ1n) is 8.80. The van der Waals surface area contributed by atoms with Gasteiger partial charge >= 0.3 is 6.09 Å². The van der Waals surface area contributed by atoms with Crippen molar-refractivity contribution in [3.05, 3.63) is 0 Å². The Morgan fingerprint density at radius 3 is 2.39 bits per heavy atom. The van der Waals surface area contributed by atoms with E-state index in [4.69, 9.17) is 14.2 Å². The maximum atomic E-state index is 12.6. The van der Waals surface area contributed by atoms with Crippen LogP contribution < -0.4 is 0 Å². The van der Waals surface area contributed by atoms with Crippen LogP contribution >= 0.6 is 0 Å². The SMILES string of the molecule is COC1(CC[C@H]2COC(C)(C)N2C(=O)OC(C)(C)C)CCCC1. The molecule has 1 aliphatic carbocycles. The molecule has 0 N–H and O–H groups in total. The first-order chi connectivity index (χ1) is 10.6. The van der Waals surface area contributed by atoms with Crippen molar-refractivity contribution in [2.24, 2.45) is 0 Å². The van der Waals surface area contributed by atoms with E-state index in [0.717, 1.165) is 25.7 Å². The maximum Gasteiger partial charge on any atom is 0.412 e. The van der Waals surface area contributed by atoms with E-state index in [1.165, 1.54) is 12.8 Å². The zero-order chi connectivity index (χ0) is 17.3. The van der Waals surface area contributed by atoms with Gasteiger partial charge in [0.2, 0.25) is 0 Å². The maximum absolute atomic E-state index is 12.6. The van der Waals surface area contributed by atoms with Gasteiger partial charge in [-0.05, 0) is 60.3 Å². The van der Waals surface area contributed by atoms with Gasteiger partial charge in [0.25, 0.3) is 0 Å².